The Labute approximate surface area is 137 Å². The van der Waals surface area contributed by atoms with Crippen molar-refractivity contribution < 1.29 is 14.6 Å². The van der Waals surface area contributed by atoms with E-state index in [9.17, 15) is 9.90 Å². The van der Waals surface area contributed by atoms with Gasteiger partial charge in [-0.05, 0) is 25.3 Å². The van der Waals surface area contributed by atoms with E-state index in [1.165, 1.54) is 18.4 Å². The first-order valence-corrected chi connectivity index (χ1v) is 8.47. The number of methoxy groups -OCH3 is 1. The lowest BCUT2D eigenvalue weighted by atomic mass is 9.78. The number of benzene rings is 1. The Bertz CT molecular complexity index is 555. The second-order valence-corrected chi connectivity index (χ2v) is 6.76. The van der Waals surface area contributed by atoms with Crippen LogP contribution in [0.1, 0.15) is 37.7 Å². The Kier molecular flexibility index (Phi) is 4.87. The third kappa shape index (κ3) is 3.35. The number of hydrogen-bond donors (Lipinski definition) is 3. The van der Waals surface area contributed by atoms with Crippen LogP contribution in [0.25, 0.3) is 0 Å². The van der Waals surface area contributed by atoms with Crippen LogP contribution in [0.2, 0.25) is 0 Å². The molecule has 2 aliphatic rings. The van der Waals surface area contributed by atoms with Crippen molar-refractivity contribution in [2.24, 2.45) is 0 Å². The first-order chi connectivity index (χ1) is 11.1. The molecule has 126 valence electrons. The van der Waals surface area contributed by atoms with Gasteiger partial charge in [-0.25, -0.2) is 0 Å². The lowest BCUT2D eigenvalue weighted by Gasteiger charge is -2.31. The van der Waals surface area contributed by atoms with Gasteiger partial charge in [-0.15, -0.1) is 0 Å². The van der Waals surface area contributed by atoms with Gasteiger partial charge in [0, 0.05) is 24.1 Å². The largest absolute Gasteiger partial charge is 0.496 e. The minimum atomic E-state index is -0.416. The quantitative estimate of drug-likeness (QED) is 0.766. The molecule has 0 aromatic heterocycles. The number of rotatable bonds is 5. The van der Waals surface area contributed by atoms with Crippen molar-refractivity contribution in [1.29, 1.82) is 0 Å². The van der Waals surface area contributed by atoms with E-state index in [4.69, 9.17) is 4.74 Å². The molecular weight excluding hydrogens is 292 g/mol. The molecular formula is C18H26N2O3. The predicted octanol–water partition coefficient (Wildman–Crippen LogP) is 1.35. The number of aliphatic hydroxyl groups is 1. The molecule has 1 saturated carbocycles. The second-order valence-electron chi connectivity index (χ2n) is 6.76. The van der Waals surface area contributed by atoms with E-state index in [2.05, 4.69) is 16.7 Å². The predicted molar refractivity (Wildman–Crippen MR) is 88.6 cm³/mol. The average Bonchev–Trinajstić information content (AvgIpc) is 3.22. The third-order valence-corrected chi connectivity index (χ3v) is 5.26. The fourth-order valence-corrected chi connectivity index (χ4v) is 3.97. The normalized spacial score (nSPS) is 26.2. The zero-order valence-corrected chi connectivity index (χ0v) is 13.7. The van der Waals surface area contributed by atoms with Crippen LogP contribution in [0.4, 0.5) is 0 Å². The van der Waals surface area contributed by atoms with E-state index in [0.29, 0.717) is 19.5 Å². The van der Waals surface area contributed by atoms with E-state index in [-0.39, 0.29) is 17.4 Å². The average molecular weight is 318 g/mol. The zero-order chi connectivity index (χ0) is 16.3. The van der Waals surface area contributed by atoms with Crippen LogP contribution in [0.3, 0.4) is 0 Å². The third-order valence-electron chi connectivity index (χ3n) is 5.26. The zero-order valence-electron chi connectivity index (χ0n) is 13.7. The van der Waals surface area contributed by atoms with Crippen molar-refractivity contribution >= 4 is 5.91 Å². The first-order valence-electron chi connectivity index (χ1n) is 8.47. The van der Waals surface area contributed by atoms with Crippen LogP contribution in [0.5, 0.6) is 5.75 Å². The molecule has 2 unspecified atom stereocenters. The maximum atomic E-state index is 12.4. The number of hydrogen-bond acceptors (Lipinski definition) is 4. The molecule has 0 radical (unpaired) electrons. The molecule has 1 aromatic rings. The van der Waals surface area contributed by atoms with Crippen LogP contribution in [-0.4, -0.2) is 43.4 Å². The van der Waals surface area contributed by atoms with E-state index in [1.54, 1.807) is 7.11 Å². The van der Waals surface area contributed by atoms with Crippen molar-refractivity contribution in [2.75, 3.05) is 20.2 Å². The number of β-amino-alcohol motifs (C(OH)–C–C–N with tert-alkyl or cyclic N) is 1. The van der Waals surface area contributed by atoms with Crippen molar-refractivity contribution in [1.82, 2.24) is 10.6 Å². The number of carbonyl (C=O) groups is 1. The molecule has 2 atom stereocenters. The summed E-state index contributed by atoms with van der Waals surface area (Å²) < 4.78 is 5.55. The Morgan fingerprint density at radius 2 is 2.13 bits per heavy atom. The highest BCUT2D eigenvalue weighted by molar-refractivity contribution is 5.82. The van der Waals surface area contributed by atoms with Gasteiger partial charge < -0.3 is 20.5 Å². The highest BCUT2D eigenvalue weighted by Crippen LogP contribution is 2.44. The van der Waals surface area contributed by atoms with Gasteiger partial charge in [-0.1, -0.05) is 31.0 Å². The van der Waals surface area contributed by atoms with Crippen molar-refractivity contribution in [3.63, 3.8) is 0 Å². The van der Waals surface area contributed by atoms with Gasteiger partial charge in [0.15, 0.2) is 0 Å². The summed E-state index contributed by atoms with van der Waals surface area (Å²) in [6, 6.07) is 7.85. The summed E-state index contributed by atoms with van der Waals surface area (Å²) in [6.07, 6.45) is 4.55. The summed E-state index contributed by atoms with van der Waals surface area (Å²) in [7, 11) is 1.70. The monoisotopic (exact) mass is 318 g/mol. The van der Waals surface area contributed by atoms with Crippen LogP contribution in [0.15, 0.2) is 24.3 Å². The van der Waals surface area contributed by atoms with Gasteiger partial charge in [0.2, 0.25) is 5.91 Å². The van der Waals surface area contributed by atoms with Gasteiger partial charge in [0.1, 0.15) is 5.75 Å². The van der Waals surface area contributed by atoms with Gasteiger partial charge in [-0.3, -0.25) is 4.79 Å². The lowest BCUT2D eigenvalue weighted by Crippen LogP contribution is -2.46. The lowest BCUT2D eigenvalue weighted by molar-refractivity contribution is -0.123. The minimum absolute atomic E-state index is 0.0114. The highest BCUT2D eigenvalue weighted by atomic mass is 16.5. The van der Waals surface area contributed by atoms with Gasteiger partial charge >= 0.3 is 0 Å². The molecule has 2 fully saturated rings. The molecule has 23 heavy (non-hydrogen) atoms. The summed E-state index contributed by atoms with van der Waals surface area (Å²) in [4.78, 5) is 12.4. The summed E-state index contributed by atoms with van der Waals surface area (Å²) in [5.74, 6) is 0.890. The molecule has 1 aliphatic carbocycles. The summed E-state index contributed by atoms with van der Waals surface area (Å²) in [6.45, 7) is 1.12. The smallest absolute Gasteiger partial charge is 0.237 e. The second kappa shape index (κ2) is 6.89. The van der Waals surface area contributed by atoms with Gasteiger partial charge in [0.05, 0.1) is 19.3 Å². The maximum absolute atomic E-state index is 12.4. The molecule has 3 rings (SSSR count). The number of nitrogens with one attached hydrogen (secondary N) is 2. The van der Waals surface area contributed by atoms with Crippen LogP contribution in [0, 0.1) is 0 Å². The van der Waals surface area contributed by atoms with E-state index in [0.717, 1.165) is 18.6 Å². The molecule has 0 spiro atoms. The molecule has 1 aromatic carbocycles. The fourth-order valence-electron chi connectivity index (χ4n) is 3.97. The molecule has 0 bridgehead atoms. The summed E-state index contributed by atoms with van der Waals surface area (Å²) >= 11 is 0. The topological polar surface area (TPSA) is 70.6 Å². The maximum Gasteiger partial charge on any atom is 0.237 e. The van der Waals surface area contributed by atoms with E-state index < -0.39 is 6.10 Å². The molecule has 1 aliphatic heterocycles. The Morgan fingerprint density at radius 3 is 2.78 bits per heavy atom. The fraction of sp³-hybridized carbons (Fsp3) is 0.611. The Hall–Kier alpha value is -1.59. The van der Waals surface area contributed by atoms with Crippen LogP contribution >= 0.6 is 0 Å². The number of para-hydroxylation sites is 1. The molecule has 3 N–H and O–H groups in total. The number of aliphatic hydroxyl groups excluding tert-OH is 1. The SMILES string of the molecule is COc1ccccc1C1(CNC(=O)C2CC(O)CN2)CCCC1. The molecule has 1 amide bonds. The molecule has 1 heterocycles. The number of amides is 1. The highest BCUT2D eigenvalue weighted by Gasteiger charge is 2.39. The summed E-state index contributed by atoms with van der Waals surface area (Å²) in [5, 5.41) is 15.7. The minimum Gasteiger partial charge on any atom is -0.496 e. The van der Waals surface area contributed by atoms with Crippen molar-refractivity contribution in [3.8, 4) is 5.75 Å². The van der Waals surface area contributed by atoms with E-state index >= 15 is 0 Å². The van der Waals surface area contributed by atoms with E-state index in [1.807, 2.05) is 18.2 Å². The van der Waals surface area contributed by atoms with Crippen molar-refractivity contribution in [2.45, 2.75) is 49.7 Å². The van der Waals surface area contributed by atoms with Crippen LogP contribution in [-0.2, 0) is 10.2 Å². The molecule has 1 saturated heterocycles. The Balaban J connectivity index is 1.73. The van der Waals surface area contributed by atoms with Gasteiger partial charge in [0.25, 0.3) is 0 Å². The summed E-state index contributed by atoms with van der Waals surface area (Å²) in [5.41, 5.74) is 1.15. The standard InChI is InChI=1S/C18H26N2O3/c1-23-16-7-3-2-6-14(16)18(8-4-5-9-18)12-20-17(22)15-10-13(21)11-19-15/h2-3,6-7,13,15,19,21H,4-5,8-12H2,1H3,(H,20,22). The Morgan fingerprint density at radius 1 is 1.39 bits per heavy atom. The number of ether oxygens (including phenoxy) is 1. The molecule has 5 heteroatoms. The van der Waals surface area contributed by atoms with Crippen molar-refractivity contribution in [3.05, 3.63) is 29.8 Å². The first kappa shape index (κ1) is 16.3. The van der Waals surface area contributed by atoms with Crippen LogP contribution < -0.4 is 15.4 Å². The number of carbonyl (C=O) groups excluding carboxylic acids is 1. The molecule has 5 nitrogen and oxygen atoms in total. The van der Waals surface area contributed by atoms with Gasteiger partial charge in [-0.2, -0.15) is 0 Å².